The predicted octanol–water partition coefficient (Wildman–Crippen LogP) is 3.55. The van der Waals surface area contributed by atoms with Crippen LogP contribution in [0.25, 0.3) is 0 Å². The Morgan fingerprint density at radius 3 is 2.81 bits per heavy atom. The first-order valence-corrected chi connectivity index (χ1v) is 6.27. The van der Waals surface area contributed by atoms with Crippen LogP contribution in [0.2, 0.25) is 0 Å². The minimum Gasteiger partial charge on any atom is -0.399 e. The highest BCUT2D eigenvalue weighted by Crippen LogP contribution is 2.24. The Bertz CT molecular complexity index is 366. The highest BCUT2D eigenvalue weighted by Gasteiger charge is 2.05. The van der Waals surface area contributed by atoms with Crippen LogP contribution >= 0.6 is 15.9 Å². The SMILES string of the molecule is CCCCCC(=O)Nc1ccc(N)cc1Br. The van der Waals surface area contributed by atoms with Crippen molar-refractivity contribution in [2.45, 2.75) is 32.6 Å². The van der Waals surface area contributed by atoms with Gasteiger partial charge in [-0.05, 0) is 40.5 Å². The zero-order valence-corrected chi connectivity index (χ0v) is 11.0. The summed E-state index contributed by atoms with van der Waals surface area (Å²) in [4.78, 5) is 11.6. The van der Waals surface area contributed by atoms with Gasteiger partial charge in [0.25, 0.3) is 0 Å². The van der Waals surface area contributed by atoms with Crippen LogP contribution in [0, 0.1) is 0 Å². The topological polar surface area (TPSA) is 55.1 Å². The van der Waals surface area contributed by atoms with E-state index in [2.05, 4.69) is 28.2 Å². The molecular formula is C12H17BrN2O. The molecule has 3 N–H and O–H groups in total. The second-order valence-corrected chi connectivity index (χ2v) is 4.60. The van der Waals surface area contributed by atoms with Crippen molar-refractivity contribution in [3.63, 3.8) is 0 Å². The van der Waals surface area contributed by atoms with Crippen LogP contribution in [-0.2, 0) is 4.79 Å². The predicted molar refractivity (Wildman–Crippen MR) is 71.3 cm³/mol. The molecular weight excluding hydrogens is 268 g/mol. The molecule has 0 unspecified atom stereocenters. The third kappa shape index (κ3) is 4.23. The first kappa shape index (κ1) is 13.0. The molecule has 0 aliphatic carbocycles. The first-order chi connectivity index (χ1) is 7.63. The largest absolute Gasteiger partial charge is 0.399 e. The van der Waals surface area contributed by atoms with Gasteiger partial charge in [-0.25, -0.2) is 0 Å². The average molecular weight is 285 g/mol. The number of unbranched alkanes of at least 4 members (excludes halogenated alkanes) is 2. The fourth-order valence-corrected chi connectivity index (χ4v) is 1.88. The molecule has 0 aliphatic heterocycles. The van der Waals surface area contributed by atoms with Crippen LogP contribution in [0.3, 0.4) is 0 Å². The van der Waals surface area contributed by atoms with Crippen molar-refractivity contribution in [1.82, 2.24) is 0 Å². The number of hydrogen-bond donors (Lipinski definition) is 2. The average Bonchev–Trinajstić information content (AvgIpc) is 2.23. The normalized spacial score (nSPS) is 10.1. The molecule has 1 aromatic rings. The molecule has 0 fully saturated rings. The van der Waals surface area contributed by atoms with Crippen LogP contribution in [0.4, 0.5) is 11.4 Å². The van der Waals surface area contributed by atoms with Gasteiger partial charge in [0.2, 0.25) is 5.91 Å². The van der Waals surface area contributed by atoms with E-state index in [4.69, 9.17) is 5.73 Å². The number of nitrogens with two attached hydrogens (primary N) is 1. The molecule has 4 heteroatoms. The summed E-state index contributed by atoms with van der Waals surface area (Å²) in [5.41, 5.74) is 7.06. The van der Waals surface area contributed by atoms with E-state index in [0.29, 0.717) is 12.1 Å². The molecule has 0 saturated carbocycles. The number of carbonyl (C=O) groups is 1. The highest BCUT2D eigenvalue weighted by molar-refractivity contribution is 9.10. The van der Waals surface area contributed by atoms with Crippen molar-refractivity contribution < 1.29 is 4.79 Å². The van der Waals surface area contributed by atoms with E-state index >= 15 is 0 Å². The van der Waals surface area contributed by atoms with Gasteiger partial charge in [-0.3, -0.25) is 4.79 Å². The van der Waals surface area contributed by atoms with Crippen molar-refractivity contribution in [2.24, 2.45) is 0 Å². The molecule has 1 amide bonds. The summed E-state index contributed by atoms with van der Waals surface area (Å²) in [7, 11) is 0. The summed E-state index contributed by atoms with van der Waals surface area (Å²) in [5.74, 6) is 0.0546. The van der Waals surface area contributed by atoms with Crippen molar-refractivity contribution >= 4 is 33.2 Å². The van der Waals surface area contributed by atoms with Gasteiger partial charge in [0.15, 0.2) is 0 Å². The van der Waals surface area contributed by atoms with Gasteiger partial charge in [-0.15, -0.1) is 0 Å². The third-order valence-corrected chi connectivity index (χ3v) is 2.93. The number of rotatable bonds is 5. The monoisotopic (exact) mass is 284 g/mol. The number of benzene rings is 1. The lowest BCUT2D eigenvalue weighted by atomic mass is 10.2. The first-order valence-electron chi connectivity index (χ1n) is 5.48. The Labute approximate surface area is 105 Å². The number of halogens is 1. The lowest BCUT2D eigenvalue weighted by Crippen LogP contribution is -2.11. The number of nitrogen functional groups attached to an aromatic ring is 1. The van der Waals surface area contributed by atoms with E-state index in [1.807, 2.05) is 0 Å². The molecule has 0 heterocycles. The fraction of sp³-hybridized carbons (Fsp3) is 0.417. The maximum Gasteiger partial charge on any atom is 0.224 e. The van der Waals surface area contributed by atoms with Crippen LogP contribution in [-0.4, -0.2) is 5.91 Å². The summed E-state index contributed by atoms with van der Waals surface area (Å²) >= 11 is 3.36. The lowest BCUT2D eigenvalue weighted by molar-refractivity contribution is -0.116. The molecule has 88 valence electrons. The van der Waals surface area contributed by atoms with E-state index in [-0.39, 0.29) is 5.91 Å². The standard InChI is InChI=1S/C12H17BrN2O/c1-2-3-4-5-12(16)15-11-7-6-9(14)8-10(11)13/h6-8H,2-5,14H2,1H3,(H,15,16). The molecule has 1 aromatic carbocycles. The molecule has 1 rings (SSSR count). The maximum atomic E-state index is 11.6. The van der Waals surface area contributed by atoms with E-state index < -0.39 is 0 Å². The molecule has 0 atom stereocenters. The van der Waals surface area contributed by atoms with Crippen LogP contribution in [0.15, 0.2) is 22.7 Å². The van der Waals surface area contributed by atoms with Gasteiger partial charge < -0.3 is 11.1 Å². The number of nitrogens with one attached hydrogen (secondary N) is 1. The van der Waals surface area contributed by atoms with Crippen molar-refractivity contribution in [3.05, 3.63) is 22.7 Å². The minimum absolute atomic E-state index is 0.0546. The van der Waals surface area contributed by atoms with Gasteiger partial charge in [0, 0.05) is 16.6 Å². The maximum absolute atomic E-state index is 11.6. The summed E-state index contributed by atoms with van der Waals surface area (Å²) < 4.78 is 0.816. The Kier molecular flexibility index (Phi) is 5.32. The summed E-state index contributed by atoms with van der Waals surface area (Å²) in [5, 5.41) is 2.85. The van der Waals surface area contributed by atoms with Gasteiger partial charge in [0.1, 0.15) is 0 Å². The zero-order chi connectivity index (χ0) is 12.0. The number of carbonyl (C=O) groups excluding carboxylic acids is 1. The second kappa shape index (κ2) is 6.53. The summed E-state index contributed by atoms with van der Waals surface area (Å²) in [6, 6.07) is 5.35. The third-order valence-electron chi connectivity index (χ3n) is 2.27. The van der Waals surface area contributed by atoms with E-state index in [1.54, 1.807) is 18.2 Å². The summed E-state index contributed by atoms with van der Waals surface area (Å²) in [6.07, 6.45) is 3.73. The number of anilines is 2. The number of amides is 1. The fourth-order valence-electron chi connectivity index (χ4n) is 1.38. The lowest BCUT2D eigenvalue weighted by Gasteiger charge is -2.07. The van der Waals surface area contributed by atoms with E-state index in [1.165, 1.54) is 0 Å². The van der Waals surface area contributed by atoms with Gasteiger partial charge >= 0.3 is 0 Å². The Hall–Kier alpha value is -1.03. The van der Waals surface area contributed by atoms with Gasteiger partial charge in [-0.2, -0.15) is 0 Å². The Balaban J connectivity index is 2.49. The van der Waals surface area contributed by atoms with E-state index in [9.17, 15) is 4.79 Å². The molecule has 0 radical (unpaired) electrons. The van der Waals surface area contributed by atoms with Crippen LogP contribution in [0.1, 0.15) is 32.6 Å². The molecule has 0 aliphatic rings. The minimum atomic E-state index is 0.0546. The number of hydrogen-bond acceptors (Lipinski definition) is 2. The van der Waals surface area contributed by atoms with Gasteiger partial charge in [-0.1, -0.05) is 19.8 Å². The van der Waals surface area contributed by atoms with Crippen molar-refractivity contribution in [3.8, 4) is 0 Å². The Morgan fingerprint density at radius 2 is 2.19 bits per heavy atom. The Morgan fingerprint density at radius 1 is 1.44 bits per heavy atom. The molecule has 16 heavy (non-hydrogen) atoms. The molecule has 0 spiro atoms. The van der Waals surface area contributed by atoms with Gasteiger partial charge in [0.05, 0.1) is 5.69 Å². The molecule has 0 aromatic heterocycles. The zero-order valence-electron chi connectivity index (χ0n) is 9.42. The van der Waals surface area contributed by atoms with Crippen LogP contribution < -0.4 is 11.1 Å². The second-order valence-electron chi connectivity index (χ2n) is 3.74. The molecule has 0 saturated heterocycles. The highest BCUT2D eigenvalue weighted by atomic mass is 79.9. The smallest absolute Gasteiger partial charge is 0.224 e. The molecule has 0 bridgehead atoms. The van der Waals surface area contributed by atoms with Crippen LogP contribution in [0.5, 0.6) is 0 Å². The van der Waals surface area contributed by atoms with E-state index in [0.717, 1.165) is 29.4 Å². The van der Waals surface area contributed by atoms with Crippen molar-refractivity contribution in [2.75, 3.05) is 11.1 Å². The molecule has 3 nitrogen and oxygen atoms in total. The summed E-state index contributed by atoms with van der Waals surface area (Å²) in [6.45, 7) is 2.12. The quantitative estimate of drug-likeness (QED) is 0.642. The van der Waals surface area contributed by atoms with Crippen molar-refractivity contribution in [1.29, 1.82) is 0 Å².